The quantitative estimate of drug-likeness (QED) is 0.131. The van der Waals surface area contributed by atoms with Crippen LogP contribution in [0.4, 0.5) is 5.82 Å². The molecular weight excluding hydrogens is 580 g/mol. The number of nitrogens with one attached hydrogen (secondary N) is 2. The summed E-state index contributed by atoms with van der Waals surface area (Å²) in [6, 6.07) is 16.2. The molecule has 0 unspecified atom stereocenters. The predicted octanol–water partition coefficient (Wildman–Crippen LogP) is 4.96. The van der Waals surface area contributed by atoms with Gasteiger partial charge in [-0.3, -0.25) is 4.72 Å². The number of rotatable bonds is 16. The Kier molecular flexibility index (Phi) is 11.1. The molecular formula is C28H32N6O6S2. The molecule has 0 saturated carbocycles. The Labute approximate surface area is 249 Å². The van der Waals surface area contributed by atoms with Crippen LogP contribution in [0.15, 0.2) is 71.9 Å². The van der Waals surface area contributed by atoms with Crippen LogP contribution in [-0.2, 0) is 10.2 Å². The minimum absolute atomic E-state index is 0.0109. The second-order valence-corrected chi connectivity index (χ2v) is 11.0. The van der Waals surface area contributed by atoms with Gasteiger partial charge in [-0.05, 0) is 24.8 Å². The molecule has 2 aromatic carbocycles. The molecule has 0 amide bonds. The van der Waals surface area contributed by atoms with Gasteiger partial charge in [0, 0.05) is 29.4 Å². The summed E-state index contributed by atoms with van der Waals surface area (Å²) in [6.45, 7) is 2.32. The van der Waals surface area contributed by atoms with Crippen molar-refractivity contribution in [2.75, 3.05) is 37.8 Å². The lowest BCUT2D eigenvalue weighted by atomic mass is 10.2. The predicted molar refractivity (Wildman–Crippen MR) is 161 cm³/mol. The van der Waals surface area contributed by atoms with Gasteiger partial charge in [-0.15, -0.1) is 11.8 Å². The number of unbranched alkanes of at least 4 members (excludes halogenated alkanes) is 1. The standard InChI is InChI=1S/C28H32N6O6S2/c1-4-5-15-31-42(35,36)34-26-24(40-23-14-10-9-13-22(23)37-2)27(33-25(32-26)20-11-7-6-8-12-20)38-16-17-39-28-29-18-21(41-3)19-30-28/h6-14,18-19,31H,4-5,15-17H2,1-3H3,(H,32,33,34). The van der Waals surface area contributed by atoms with Gasteiger partial charge in [-0.25, -0.2) is 15.0 Å². The molecule has 0 aliphatic carbocycles. The second-order valence-electron chi connectivity index (χ2n) is 8.60. The highest BCUT2D eigenvalue weighted by molar-refractivity contribution is 7.98. The Balaban J connectivity index is 1.69. The van der Waals surface area contributed by atoms with E-state index in [-0.39, 0.29) is 49.0 Å². The highest BCUT2D eigenvalue weighted by Crippen LogP contribution is 2.41. The first-order valence-corrected chi connectivity index (χ1v) is 15.8. The lowest BCUT2D eigenvalue weighted by Gasteiger charge is -2.18. The fourth-order valence-corrected chi connectivity index (χ4v) is 4.71. The van der Waals surface area contributed by atoms with Crippen LogP contribution >= 0.6 is 11.8 Å². The number of hydrogen-bond acceptors (Lipinski definition) is 11. The van der Waals surface area contributed by atoms with E-state index >= 15 is 0 Å². The van der Waals surface area contributed by atoms with Gasteiger partial charge in [-0.2, -0.15) is 18.1 Å². The molecule has 2 aromatic heterocycles. The minimum Gasteiger partial charge on any atom is -0.493 e. The maximum Gasteiger partial charge on any atom is 0.316 e. The van der Waals surface area contributed by atoms with E-state index in [1.165, 1.54) is 18.9 Å². The molecule has 14 heteroatoms. The molecule has 0 fully saturated rings. The molecule has 4 aromatic rings. The summed E-state index contributed by atoms with van der Waals surface area (Å²) in [5.74, 6) is 0.758. The second kappa shape index (κ2) is 15.2. The third-order valence-electron chi connectivity index (χ3n) is 5.59. The summed E-state index contributed by atoms with van der Waals surface area (Å²) in [5, 5.41) is 0. The molecule has 0 radical (unpaired) electrons. The molecule has 0 aliphatic heterocycles. The van der Waals surface area contributed by atoms with E-state index in [4.69, 9.17) is 18.9 Å². The number of benzene rings is 2. The summed E-state index contributed by atoms with van der Waals surface area (Å²) in [4.78, 5) is 18.3. The Bertz CT molecular complexity index is 1540. The molecule has 0 aliphatic rings. The molecule has 4 rings (SSSR count). The van der Waals surface area contributed by atoms with Crippen LogP contribution in [0, 0.1) is 0 Å². The van der Waals surface area contributed by atoms with Crippen LogP contribution in [-0.4, -0.2) is 61.5 Å². The van der Waals surface area contributed by atoms with Crippen molar-refractivity contribution in [1.29, 1.82) is 0 Å². The minimum atomic E-state index is -4.02. The molecule has 0 atom stereocenters. The van der Waals surface area contributed by atoms with Crippen molar-refractivity contribution in [3.8, 4) is 40.5 Å². The number of para-hydroxylation sites is 2. The van der Waals surface area contributed by atoms with Crippen molar-refractivity contribution < 1.29 is 27.4 Å². The molecule has 12 nitrogen and oxygen atoms in total. The first-order chi connectivity index (χ1) is 20.4. The van der Waals surface area contributed by atoms with Gasteiger partial charge in [-0.1, -0.05) is 55.8 Å². The van der Waals surface area contributed by atoms with Crippen molar-refractivity contribution in [1.82, 2.24) is 24.7 Å². The van der Waals surface area contributed by atoms with Crippen molar-refractivity contribution in [2.24, 2.45) is 0 Å². The van der Waals surface area contributed by atoms with Crippen LogP contribution in [0.2, 0.25) is 0 Å². The van der Waals surface area contributed by atoms with Crippen molar-refractivity contribution >= 4 is 27.8 Å². The summed E-state index contributed by atoms with van der Waals surface area (Å²) in [7, 11) is -2.52. The van der Waals surface area contributed by atoms with E-state index in [1.807, 2.05) is 31.4 Å². The van der Waals surface area contributed by atoms with Crippen molar-refractivity contribution in [3.05, 3.63) is 67.0 Å². The van der Waals surface area contributed by atoms with Gasteiger partial charge in [0.05, 0.1) is 7.11 Å². The maximum absolute atomic E-state index is 13.0. The number of nitrogens with zero attached hydrogens (tertiary/aromatic N) is 4. The van der Waals surface area contributed by atoms with Gasteiger partial charge in [0.25, 0.3) is 16.1 Å². The number of hydrogen-bond donors (Lipinski definition) is 2. The zero-order chi connectivity index (χ0) is 29.8. The maximum atomic E-state index is 13.0. The fourth-order valence-electron chi connectivity index (χ4n) is 3.52. The molecule has 0 bridgehead atoms. The third kappa shape index (κ3) is 8.68. The van der Waals surface area contributed by atoms with Gasteiger partial charge in [0.15, 0.2) is 23.1 Å². The smallest absolute Gasteiger partial charge is 0.316 e. The van der Waals surface area contributed by atoms with E-state index in [1.54, 1.807) is 48.8 Å². The number of anilines is 1. The van der Waals surface area contributed by atoms with Crippen LogP contribution < -0.4 is 28.4 Å². The molecule has 2 heterocycles. The van der Waals surface area contributed by atoms with E-state index < -0.39 is 10.2 Å². The van der Waals surface area contributed by atoms with E-state index in [0.29, 0.717) is 23.5 Å². The van der Waals surface area contributed by atoms with Gasteiger partial charge in [0.2, 0.25) is 5.75 Å². The highest BCUT2D eigenvalue weighted by atomic mass is 32.2. The largest absolute Gasteiger partial charge is 0.493 e. The van der Waals surface area contributed by atoms with Gasteiger partial charge < -0.3 is 18.9 Å². The zero-order valence-electron chi connectivity index (χ0n) is 23.4. The average Bonchev–Trinajstić information content (AvgIpc) is 3.01. The third-order valence-corrected chi connectivity index (χ3v) is 7.32. The molecule has 42 heavy (non-hydrogen) atoms. The Hall–Kier alpha value is -4.14. The molecule has 0 spiro atoms. The Morgan fingerprint density at radius 3 is 2.29 bits per heavy atom. The van der Waals surface area contributed by atoms with Crippen LogP contribution in [0.5, 0.6) is 29.1 Å². The van der Waals surface area contributed by atoms with Crippen LogP contribution in [0.1, 0.15) is 19.8 Å². The fraction of sp³-hybridized carbons (Fsp3) is 0.286. The molecule has 2 N–H and O–H groups in total. The Morgan fingerprint density at radius 2 is 1.60 bits per heavy atom. The average molecular weight is 613 g/mol. The summed E-state index contributed by atoms with van der Waals surface area (Å²) < 4.78 is 54.2. The van der Waals surface area contributed by atoms with Gasteiger partial charge in [0.1, 0.15) is 13.2 Å². The number of thioether (sulfide) groups is 1. The van der Waals surface area contributed by atoms with Crippen molar-refractivity contribution in [2.45, 2.75) is 24.7 Å². The Morgan fingerprint density at radius 1 is 0.905 bits per heavy atom. The van der Waals surface area contributed by atoms with E-state index in [0.717, 1.165) is 11.3 Å². The van der Waals surface area contributed by atoms with Crippen LogP contribution in [0.25, 0.3) is 11.4 Å². The first kappa shape index (κ1) is 30.8. The lowest BCUT2D eigenvalue weighted by Crippen LogP contribution is -2.31. The monoisotopic (exact) mass is 612 g/mol. The van der Waals surface area contributed by atoms with Crippen molar-refractivity contribution in [3.63, 3.8) is 0 Å². The highest BCUT2D eigenvalue weighted by Gasteiger charge is 2.24. The van der Waals surface area contributed by atoms with E-state index in [2.05, 4.69) is 29.4 Å². The van der Waals surface area contributed by atoms with Crippen LogP contribution in [0.3, 0.4) is 0 Å². The summed E-state index contributed by atoms with van der Waals surface area (Å²) in [6.07, 6.45) is 6.75. The van der Waals surface area contributed by atoms with Gasteiger partial charge >= 0.3 is 6.01 Å². The lowest BCUT2D eigenvalue weighted by molar-refractivity contribution is 0.197. The number of ether oxygens (including phenoxy) is 4. The normalized spacial score (nSPS) is 11.1. The molecule has 0 saturated heterocycles. The summed E-state index contributed by atoms with van der Waals surface area (Å²) >= 11 is 1.52. The number of aromatic nitrogens is 4. The first-order valence-electron chi connectivity index (χ1n) is 13.1. The SMILES string of the molecule is CCCCNS(=O)(=O)Nc1nc(-c2ccccc2)nc(OCCOc2ncc(SC)cn2)c1Oc1ccccc1OC. The number of methoxy groups -OCH3 is 1. The van der Waals surface area contributed by atoms with E-state index in [9.17, 15) is 8.42 Å². The summed E-state index contributed by atoms with van der Waals surface area (Å²) in [5.41, 5.74) is 0.643. The zero-order valence-corrected chi connectivity index (χ0v) is 25.1. The topological polar surface area (TPSA) is 147 Å². The molecule has 222 valence electrons.